The summed E-state index contributed by atoms with van der Waals surface area (Å²) in [4.78, 5) is 18.6. The number of aromatic hydroxyl groups is 1. The van der Waals surface area contributed by atoms with Crippen LogP contribution in [0, 0.1) is 5.82 Å². The first kappa shape index (κ1) is 23.1. The van der Waals surface area contributed by atoms with Gasteiger partial charge >= 0.3 is 5.69 Å². The highest BCUT2D eigenvalue weighted by Gasteiger charge is 2.31. The minimum absolute atomic E-state index is 0.112. The summed E-state index contributed by atoms with van der Waals surface area (Å²) in [5, 5.41) is 21.7. The largest absolute Gasteiger partial charge is 0.507 e. The van der Waals surface area contributed by atoms with Crippen LogP contribution in [0.5, 0.6) is 5.75 Å². The Hall–Kier alpha value is -3.62. The Bertz CT molecular complexity index is 1490. The number of aromatic nitrogens is 3. The third-order valence-electron chi connectivity index (χ3n) is 6.39. The molecule has 180 valence electrons. The van der Waals surface area contributed by atoms with E-state index in [4.69, 9.17) is 11.6 Å². The summed E-state index contributed by atoms with van der Waals surface area (Å²) in [6.07, 6.45) is 7.13. The molecule has 1 aliphatic rings. The maximum absolute atomic E-state index is 14.7. The highest BCUT2D eigenvalue weighted by molar-refractivity contribution is 6.32. The summed E-state index contributed by atoms with van der Waals surface area (Å²) >= 11 is 6.48. The molecule has 2 aromatic carbocycles. The van der Waals surface area contributed by atoms with Gasteiger partial charge in [0.15, 0.2) is 0 Å². The fraction of sp³-hybridized carbons (Fsp3) is 0.231. The number of hydrogen-bond acceptors (Lipinski definition) is 5. The Balaban J connectivity index is 1.54. The van der Waals surface area contributed by atoms with Gasteiger partial charge in [-0.1, -0.05) is 17.7 Å². The number of aliphatic hydroxyl groups is 1. The van der Waals surface area contributed by atoms with Crippen LogP contribution in [-0.2, 0) is 7.05 Å². The van der Waals surface area contributed by atoms with Crippen LogP contribution in [0.4, 0.5) is 10.1 Å². The van der Waals surface area contributed by atoms with Gasteiger partial charge in [0.2, 0.25) is 0 Å². The molecule has 0 unspecified atom stereocenters. The number of anilines is 1. The van der Waals surface area contributed by atoms with E-state index in [1.165, 1.54) is 21.3 Å². The molecule has 5 rings (SSSR count). The number of phenols is 1. The van der Waals surface area contributed by atoms with Gasteiger partial charge in [0.25, 0.3) is 0 Å². The summed E-state index contributed by atoms with van der Waals surface area (Å²) in [7, 11) is 1.64. The lowest BCUT2D eigenvalue weighted by Crippen LogP contribution is -2.29. The van der Waals surface area contributed by atoms with Crippen molar-refractivity contribution in [3.63, 3.8) is 0 Å². The lowest BCUT2D eigenvalue weighted by molar-refractivity contribution is 0.0839. The number of halogens is 2. The Morgan fingerprint density at radius 2 is 1.83 bits per heavy atom. The van der Waals surface area contributed by atoms with Gasteiger partial charge in [0.05, 0.1) is 28.2 Å². The molecule has 4 aromatic rings. The highest BCUT2D eigenvalue weighted by atomic mass is 35.5. The zero-order valence-electron chi connectivity index (χ0n) is 19.2. The Morgan fingerprint density at radius 3 is 2.46 bits per heavy atom. The van der Waals surface area contributed by atoms with Crippen molar-refractivity contribution in [2.45, 2.75) is 18.9 Å². The van der Waals surface area contributed by atoms with E-state index in [1.54, 1.807) is 57.0 Å². The van der Waals surface area contributed by atoms with Crippen molar-refractivity contribution in [2.75, 3.05) is 18.0 Å². The first-order chi connectivity index (χ1) is 16.6. The highest BCUT2D eigenvalue weighted by Crippen LogP contribution is 2.41. The first-order valence-corrected chi connectivity index (χ1v) is 11.5. The number of rotatable bonds is 4. The van der Waals surface area contributed by atoms with E-state index in [9.17, 15) is 19.4 Å². The van der Waals surface area contributed by atoms with Crippen molar-refractivity contribution in [1.82, 2.24) is 14.1 Å². The Labute approximate surface area is 206 Å². The maximum atomic E-state index is 14.7. The number of benzene rings is 2. The summed E-state index contributed by atoms with van der Waals surface area (Å²) in [5.74, 6) is -0.638. The number of pyridine rings is 1. The van der Waals surface area contributed by atoms with Crippen LogP contribution in [0.2, 0.25) is 5.02 Å². The molecule has 1 atom stereocenters. The number of aryl methyl sites for hydroxylation is 1. The minimum Gasteiger partial charge on any atom is -0.507 e. The van der Waals surface area contributed by atoms with Crippen LogP contribution in [0.15, 0.2) is 66.0 Å². The van der Waals surface area contributed by atoms with E-state index in [2.05, 4.69) is 4.98 Å². The molecule has 1 saturated heterocycles. The standard InChI is InChI=1S/C26H24ClFN4O3/c1-26(35)5-6-31(15-26)19-9-17(13-29-14-19)21-12-18(28)11-20(24(21)33)16-3-4-23(22(27)10-16)32-8-7-30(2)25(32)34/h3-4,7-14,33,35H,5-6,15H2,1-2H3/t26-/m0/s1. The average molecular weight is 495 g/mol. The predicted octanol–water partition coefficient (Wildman–Crippen LogP) is 4.36. The Kier molecular flexibility index (Phi) is 5.65. The van der Waals surface area contributed by atoms with Gasteiger partial charge in [-0.05, 0) is 49.2 Å². The molecular weight excluding hydrogens is 471 g/mol. The normalized spacial score (nSPS) is 17.8. The first-order valence-electron chi connectivity index (χ1n) is 11.1. The number of nitrogens with zero attached hydrogens (tertiary/aromatic N) is 4. The van der Waals surface area contributed by atoms with Crippen LogP contribution in [0.1, 0.15) is 13.3 Å². The molecule has 0 amide bonds. The lowest BCUT2D eigenvalue weighted by atomic mass is 9.97. The van der Waals surface area contributed by atoms with Gasteiger partial charge in [-0.15, -0.1) is 0 Å². The number of phenolic OH excluding ortho intramolecular Hbond substituents is 1. The molecule has 1 aliphatic heterocycles. The predicted molar refractivity (Wildman–Crippen MR) is 134 cm³/mol. The second-order valence-corrected chi connectivity index (χ2v) is 9.58. The smallest absolute Gasteiger partial charge is 0.332 e. The quantitative estimate of drug-likeness (QED) is 0.440. The zero-order valence-corrected chi connectivity index (χ0v) is 20.0. The van der Waals surface area contributed by atoms with Crippen LogP contribution in [0.25, 0.3) is 27.9 Å². The van der Waals surface area contributed by atoms with Crippen molar-refractivity contribution >= 4 is 17.3 Å². The zero-order chi connectivity index (χ0) is 24.9. The summed E-state index contributed by atoms with van der Waals surface area (Å²) < 4.78 is 17.6. The molecule has 0 aliphatic carbocycles. The molecule has 0 radical (unpaired) electrons. The van der Waals surface area contributed by atoms with Crippen molar-refractivity contribution in [3.05, 3.63) is 82.5 Å². The van der Waals surface area contributed by atoms with E-state index in [0.29, 0.717) is 41.9 Å². The van der Waals surface area contributed by atoms with Gasteiger partial charge in [-0.3, -0.25) is 9.55 Å². The van der Waals surface area contributed by atoms with Crippen molar-refractivity contribution in [3.8, 4) is 33.7 Å². The van der Waals surface area contributed by atoms with Crippen molar-refractivity contribution < 1.29 is 14.6 Å². The van der Waals surface area contributed by atoms with Crippen molar-refractivity contribution in [2.24, 2.45) is 7.05 Å². The molecule has 0 saturated carbocycles. The van der Waals surface area contributed by atoms with Crippen LogP contribution < -0.4 is 10.6 Å². The van der Waals surface area contributed by atoms with Gasteiger partial charge in [-0.2, -0.15) is 0 Å². The number of β-amino-alcohol motifs (C(OH)–C–C–N with tert-alkyl or cyclic N) is 1. The molecule has 0 spiro atoms. The van der Waals surface area contributed by atoms with Gasteiger partial charge in [0, 0.05) is 55.4 Å². The fourth-order valence-electron chi connectivity index (χ4n) is 4.47. The molecule has 9 heteroatoms. The minimum atomic E-state index is -0.777. The summed E-state index contributed by atoms with van der Waals surface area (Å²) in [5.41, 5.74) is 1.85. The van der Waals surface area contributed by atoms with Crippen molar-refractivity contribution in [1.29, 1.82) is 0 Å². The lowest BCUT2D eigenvalue weighted by Gasteiger charge is -2.21. The van der Waals surface area contributed by atoms with E-state index in [-0.39, 0.29) is 22.0 Å². The molecule has 7 nitrogen and oxygen atoms in total. The molecule has 0 bridgehead atoms. The molecular formula is C26H24ClFN4O3. The maximum Gasteiger partial charge on any atom is 0.332 e. The van der Waals surface area contributed by atoms with E-state index >= 15 is 0 Å². The summed E-state index contributed by atoms with van der Waals surface area (Å²) in [6.45, 7) is 2.93. The van der Waals surface area contributed by atoms with Crippen LogP contribution in [0.3, 0.4) is 0 Å². The Morgan fingerprint density at radius 1 is 1.09 bits per heavy atom. The SMILES string of the molecule is Cn1ccn(-c2ccc(-c3cc(F)cc(-c4cncc(N5CC[C@](C)(O)C5)c4)c3O)cc2Cl)c1=O. The monoisotopic (exact) mass is 494 g/mol. The third-order valence-corrected chi connectivity index (χ3v) is 6.69. The third kappa shape index (κ3) is 4.31. The number of hydrogen-bond donors (Lipinski definition) is 2. The van der Waals surface area contributed by atoms with Crippen LogP contribution >= 0.6 is 11.6 Å². The second-order valence-electron chi connectivity index (χ2n) is 9.18. The molecule has 1 fully saturated rings. The molecule has 2 aromatic heterocycles. The molecule has 3 heterocycles. The topological polar surface area (TPSA) is 83.5 Å². The van der Waals surface area contributed by atoms with Gasteiger partial charge < -0.3 is 19.7 Å². The van der Waals surface area contributed by atoms with Crippen LogP contribution in [-0.4, -0.2) is 43.0 Å². The second kappa shape index (κ2) is 8.55. The molecule has 2 N–H and O–H groups in total. The summed E-state index contributed by atoms with van der Waals surface area (Å²) in [6, 6.07) is 9.26. The van der Waals surface area contributed by atoms with Gasteiger partial charge in [-0.25, -0.2) is 9.18 Å². The number of imidazole rings is 1. The van der Waals surface area contributed by atoms with E-state index in [1.807, 2.05) is 11.0 Å². The molecule has 35 heavy (non-hydrogen) atoms. The fourth-order valence-corrected chi connectivity index (χ4v) is 4.74. The average Bonchev–Trinajstić information content (AvgIpc) is 3.36. The van der Waals surface area contributed by atoms with E-state index in [0.717, 1.165) is 5.69 Å². The van der Waals surface area contributed by atoms with E-state index < -0.39 is 11.4 Å². The van der Waals surface area contributed by atoms with Gasteiger partial charge in [0.1, 0.15) is 11.6 Å².